The van der Waals surface area contributed by atoms with Gasteiger partial charge in [-0.15, -0.1) is 0 Å². The molecule has 0 bridgehead atoms. The lowest BCUT2D eigenvalue weighted by atomic mass is 9.97. The largest absolute Gasteiger partial charge is 0.492 e. The molecule has 7 aromatic rings. The smallest absolute Gasteiger partial charge is 0.341 e. The lowest BCUT2D eigenvalue weighted by molar-refractivity contribution is 0.0596. The molecule has 284 valence electrons. The van der Waals surface area contributed by atoms with Crippen LogP contribution in [0.5, 0.6) is 5.75 Å². The monoisotopic (exact) mass is 777 g/mol. The number of carbonyl (C=O) groups is 1. The Kier molecular flexibility index (Phi) is 11.9. The SMILES string of the molecule is COC(=O)c1ccccc1OCCc1c(CCO[Si](c2ccccc2)(c2ccccc2)C(C)(C)C)n(C(c2ccccc2)c2ccccc2)c2ccc(Cl)cc12. The minimum Gasteiger partial charge on any atom is -0.492 e. The van der Waals surface area contributed by atoms with Crippen LogP contribution in [-0.4, -0.2) is 39.2 Å². The highest BCUT2D eigenvalue weighted by molar-refractivity contribution is 6.99. The summed E-state index contributed by atoms with van der Waals surface area (Å²) in [6.07, 6.45) is 1.21. The number of rotatable bonds is 14. The molecular weight excluding hydrogens is 730 g/mol. The van der Waals surface area contributed by atoms with Crippen molar-refractivity contribution in [3.8, 4) is 5.75 Å². The molecule has 0 unspecified atom stereocenters. The molecule has 0 aliphatic carbocycles. The number of hydrogen-bond donors (Lipinski definition) is 0. The Morgan fingerprint density at radius 1 is 0.679 bits per heavy atom. The van der Waals surface area contributed by atoms with Crippen LogP contribution in [0.15, 0.2) is 164 Å². The van der Waals surface area contributed by atoms with Crippen LogP contribution >= 0.6 is 11.6 Å². The van der Waals surface area contributed by atoms with Crippen molar-refractivity contribution in [2.75, 3.05) is 20.3 Å². The molecule has 5 nitrogen and oxygen atoms in total. The quantitative estimate of drug-likeness (QED) is 0.0815. The van der Waals surface area contributed by atoms with Crippen LogP contribution in [0.3, 0.4) is 0 Å². The summed E-state index contributed by atoms with van der Waals surface area (Å²) in [4.78, 5) is 12.6. The second-order valence-corrected chi connectivity index (χ2v) is 19.8. The van der Waals surface area contributed by atoms with Gasteiger partial charge in [0.15, 0.2) is 0 Å². The maximum absolute atomic E-state index is 12.6. The molecule has 7 heteroatoms. The maximum Gasteiger partial charge on any atom is 0.341 e. The van der Waals surface area contributed by atoms with Crippen LogP contribution < -0.4 is 15.1 Å². The highest BCUT2D eigenvalue weighted by atomic mass is 35.5. The van der Waals surface area contributed by atoms with E-state index in [1.807, 2.05) is 24.3 Å². The molecule has 0 N–H and O–H groups in total. The van der Waals surface area contributed by atoms with E-state index >= 15 is 0 Å². The van der Waals surface area contributed by atoms with E-state index in [0.29, 0.717) is 42.4 Å². The molecule has 0 aliphatic heterocycles. The standard InChI is InChI=1S/C49H48ClNO4Si/c1-49(2,3)56(39-23-13-7-14-24-39,40-25-15-8-16-26-40)55-34-32-45-41(31-33-54-46-28-18-17-27-42(46)48(52)53-4)43-35-38(50)29-30-44(43)51(45)47(36-19-9-5-10-20-36)37-21-11-6-12-22-37/h5-30,35,47H,31-34H2,1-4H3. The third kappa shape index (κ3) is 7.83. The minimum atomic E-state index is -2.83. The van der Waals surface area contributed by atoms with E-state index in [1.54, 1.807) is 6.07 Å². The van der Waals surface area contributed by atoms with Gasteiger partial charge in [0.1, 0.15) is 11.3 Å². The molecule has 0 aliphatic rings. The van der Waals surface area contributed by atoms with Gasteiger partial charge in [0.05, 0.1) is 19.8 Å². The summed E-state index contributed by atoms with van der Waals surface area (Å²) in [6, 6.07) is 56.2. The Balaban J connectivity index is 1.38. The first kappa shape index (κ1) is 38.9. The molecule has 56 heavy (non-hydrogen) atoms. The van der Waals surface area contributed by atoms with Gasteiger partial charge in [-0.2, -0.15) is 0 Å². The van der Waals surface area contributed by atoms with Gasteiger partial charge in [-0.05, 0) is 62.4 Å². The summed E-state index contributed by atoms with van der Waals surface area (Å²) in [5.74, 6) is 0.0582. The first-order valence-electron chi connectivity index (χ1n) is 19.2. The Bertz CT molecular complexity index is 2300. The van der Waals surface area contributed by atoms with E-state index in [2.05, 4.69) is 159 Å². The summed E-state index contributed by atoms with van der Waals surface area (Å²) in [7, 11) is -1.45. The van der Waals surface area contributed by atoms with Gasteiger partial charge < -0.3 is 18.5 Å². The molecule has 1 heterocycles. The number of esters is 1. The number of fused-ring (bicyclic) bond motifs is 1. The molecule has 0 saturated heterocycles. The average molecular weight is 778 g/mol. The number of carbonyl (C=O) groups excluding carboxylic acids is 1. The van der Waals surface area contributed by atoms with E-state index in [-0.39, 0.29) is 11.1 Å². The first-order chi connectivity index (χ1) is 27.2. The van der Waals surface area contributed by atoms with Gasteiger partial charge >= 0.3 is 5.97 Å². The number of ether oxygens (including phenoxy) is 2. The third-order valence-corrected chi connectivity index (χ3v) is 15.9. The molecule has 0 spiro atoms. The lowest BCUT2D eigenvalue weighted by Gasteiger charge is -2.43. The van der Waals surface area contributed by atoms with Crippen molar-refractivity contribution in [1.82, 2.24) is 4.57 Å². The Morgan fingerprint density at radius 2 is 1.21 bits per heavy atom. The highest BCUT2D eigenvalue weighted by Gasteiger charge is 2.50. The zero-order valence-corrected chi connectivity index (χ0v) is 34.2. The van der Waals surface area contributed by atoms with E-state index < -0.39 is 14.3 Å². The molecule has 0 atom stereocenters. The molecule has 0 radical (unpaired) electrons. The second-order valence-electron chi connectivity index (χ2n) is 15.0. The van der Waals surface area contributed by atoms with Gasteiger partial charge in [0.25, 0.3) is 8.32 Å². The Morgan fingerprint density at radius 3 is 1.77 bits per heavy atom. The minimum absolute atomic E-state index is 0.126. The predicted octanol–water partition coefficient (Wildman–Crippen LogP) is 10.5. The number of benzene rings is 6. The first-order valence-corrected chi connectivity index (χ1v) is 21.5. The van der Waals surface area contributed by atoms with Crippen LogP contribution in [0.2, 0.25) is 10.1 Å². The van der Waals surface area contributed by atoms with E-state index in [1.165, 1.54) is 28.6 Å². The van der Waals surface area contributed by atoms with Gasteiger partial charge in [0.2, 0.25) is 0 Å². The zero-order chi connectivity index (χ0) is 39.1. The zero-order valence-electron chi connectivity index (χ0n) is 32.5. The predicted molar refractivity (Wildman–Crippen MR) is 231 cm³/mol. The highest BCUT2D eigenvalue weighted by Crippen LogP contribution is 2.40. The fourth-order valence-electron chi connectivity index (χ4n) is 8.21. The summed E-state index contributed by atoms with van der Waals surface area (Å²) < 4.78 is 21.5. The third-order valence-electron chi connectivity index (χ3n) is 10.6. The van der Waals surface area contributed by atoms with E-state index in [0.717, 1.165) is 22.2 Å². The van der Waals surface area contributed by atoms with Crippen molar-refractivity contribution in [3.05, 3.63) is 197 Å². The summed E-state index contributed by atoms with van der Waals surface area (Å²) >= 11 is 6.81. The van der Waals surface area contributed by atoms with Crippen LogP contribution in [0.25, 0.3) is 10.9 Å². The van der Waals surface area contributed by atoms with Crippen LogP contribution in [0.1, 0.15) is 59.6 Å². The number of methoxy groups -OCH3 is 1. The molecule has 7 rings (SSSR count). The topological polar surface area (TPSA) is 49.7 Å². The van der Waals surface area contributed by atoms with Gasteiger partial charge in [0, 0.05) is 41.1 Å². The molecule has 0 fully saturated rings. The molecular formula is C49H48ClNO4Si. The van der Waals surface area contributed by atoms with Gasteiger partial charge in [-0.25, -0.2) is 4.79 Å². The Hall–Kier alpha value is -5.40. The Labute approximate surface area is 336 Å². The number of hydrogen-bond acceptors (Lipinski definition) is 4. The number of halogens is 1. The van der Waals surface area contributed by atoms with Crippen molar-refractivity contribution >= 4 is 47.2 Å². The van der Waals surface area contributed by atoms with E-state index in [4.69, 9.17) is 25.5 Å². The molecule has 6 aromatic carbocycles. The van der Waals surface area contributed by atoms with Crippen molar-refractivity contribution in [2.24, 2.45) is 0 Å². The van der Waals surface area contributed by atoms with Gasteiger partial charge in [-0.1, -0.05) is 166 Å². The molecule has 0 amide bonds. The lowest BCUT2D eigenvalue weighted by Crippen LogP contribution is -2.66. The number of aromatic nitrogens is 1. The van der Waals surface area contributed by atoms with Crippen LogP contribution in [0, 0.1) is 0 Å². The van der Waals surface area contributed by atoms with Crippen LogP contribution in [0.4, 0.5) is 0 Å². The van der Waals surface area contributed by atoms with Gasteiger partial charge in [-0.3, -0.25) is 0 Å². The second kappa shape index (κ2) is 17.2. The van der Waals surface area contributed by atoms with Crippen LogP contribution in [-0.2, 0) is 22.0 Å². The number of para-hydroxylation sites is 1. The fourth-order valence-corrected chi connectivity index (χ4v) is 12.9. The normalized spacial score (nSPS) is 11.9. The van der Waals surface area contributed by atoms with Crippen molar-refractivity contribution < 1.29 is 18.7 Å². The maximum atomic E-state index is 12.6. The molecule has 0 saturated carbocycles. The summed E-state index contributed by atoms with van der Waals surface area (Å²) in [6.45, 7) is 7.77. The summed E-state index contributed by atoms with van der Waals surface area (Å²) in [5, 5.41) is 4.06. The van der Waals surface area contributed by atoms with E-state index in [9.17, 15) is 4.79 Å². The summed E-state index contributed by atoms with van der Waals surface area (Å²) in [5.41, 5.74) is 6.12. The van der Waals surface area contributed by atoms with Crippen molar-refractivity contribution in [3.63, 3.8) is 0 Å². The fraction of sp³-hybridized carbons (Fsp3) is 0.204. The average Bonchev–Trinajstić information content (AvgIpc) is 3.51. The van der Waals surface area contributed by atoms with Crippen molar-refractivity contribution in [1.29, 1.82) is 0 Å². The number of nitrogens with zero attached hydrogens (tertiary/aromatic N) is 1. The van der Waals surface area contributed by atoms with Crippen molar-refractivity contribution in [2.45, 2.75) is 44.7 Å². The molecule has 1 aromatic heterocycles.